The Labute approximate surface area is 102 Å². The number of aliphatic hydroxyl groups is 1. The Bertz CT molecular complexity index is 288. The average molecular weight is 244 g/mol. The molecule has 0 aliphatic rings. The molecule has 0 fully saturated rings. The van der Waals surface area contributed by atoms with Crippen LogP contribution < -0.4 is 9.47 Å². The van der Waals surface area contributed by atoms with Gasteiger partial charge in [-0.3, -0.25) is 0 Å². The number of hydrogen-bond acceptors (Lipinski definition) is 5. The lowest BCUT2D eigenvalue weighted by molar-refractivity contribution is 0.0458. The van der Waals surface area contributed by atoms with Gasteiger partial charge in [0.05, 0.1) is 6.61 Å². The zero-order valence-corrected chi connectivity index (χ0v) is 9.43. The van der Waals surface area contributed by atoms with Crippen LogP contribution in [0.25, 0.3) is 0 Å². The average Bonchev–Trinajstić information content (AvgIpc) is 2.33. The first-order valence-electron chi connectivity index (χ1n) is 4.78. The Morgan fingerprint density at radius 2 is 1.41 bits per heavy atom. The summed E-state index contributed by atoms with van der Waals surface area (Å²) in [5.74, 6) is 1.17. The topological polar surface area (TPSA) is 57.2 Å². The minimum Gasteiger partial charge on any atom is -0.467 e. The van der Waals surface area contributed by atoms with Gasteiger partial charge in [0.15, 0.2) is 13.6 Å². The van der Waals surface area contributed by atoms with Crippen molar-refractivity contribution in [3.8, 4) is 11.5 Å². The highest BCUT2D eigenvalue weighted by Crippen LogP contribution is 2.23. The van der Waals surface area contributed by atoms with E-state index in [0.717, 1.165) is 0 Å². The van der Waals surface area contributed by atoms with Gasteiger partial charge >= 0.3 is 0 Å². The summed E-state index contributed by atoms with van der Waals surface area (Å²) in [6.07, 6.45) is 0. The lowest BCUT2D eigenvalue weighted by Gasteiger charge is -2.10. The Morgan fingerprint density at radius 1 is 0.941 bits per heavy atom. The van der Waals surface area contributed by atoms with E-state index >= 15 is 0 Å². The molecule has 5 nitrogen and oxygen atoms in total. The van der Waals surface area contributed by atoms with E-state index < -0.39 is 0 Å². The standard InChI is InChI=1S/C11H16O5.CH4/c1-13-7-15-10-3-9(6-12)4-11(5-10)16-8-14-2;/h3-5,12H,6-8H2,1-2H3;1H4. The Balaban J connectivity index is 0.00000256. The lowest BCUT2D eigenvalue weighted by Crippen LogP contribution is -2.02. The smallest absolute Gasteiger partial charge is 0.188 e. The van der Waals surface area contributed by atoms with Gasteiger partial charge in [0, 0.05) is 20.3 Å². The van der Waals surface area contributed by atoms with Crippen molar-refractivity contribution in [3.63, 3.8) is 0 Å². The molecule has 0 spiro atoms. The molecule has 1 aromatic rings. The molecule has 0 aliphatic carbocycles. The molecule has 0 radical (unpaired) electrons. The predicted molar refractivity (Wildman–Crippen MR) is 64.1 cm³/mol. The van der Waals surface area contributed by atoms with Crippen molar-refractivity contribution in [2.45, 2.75) is 14.0 Å². The summed E-state index contributed by atoms with van der Waals surface area (Å²) in [6.45, 7) is 0.227. The van der Waals surface area contributed by atoms with E-state index in [-0.39, 0.29) is 27.6 Å². The third kappa shape index (κ3) is 5.53. The minimum atomic E-state index is -0.0759. The molecule has 0 saturated carbocycles. The van der Waals surface area contributed by atoms with Crippen LogP contribution in [-0.4, -0.2) is 32.9 Å². The first-order chi connectivity index (χ1) is 7.80. The second-order valence-electron chi connectivity index (χ2n) is 3.07. The fourth-order valence-corrected chi connectivity index (χ4v) is 1.14. The summed E-state index contributed by atoms with van der Waals surface area (Å²) in [6, 6.07) is 5.15. The largest absolute Gasteiger partial charge is 0.467 e. The van der Waals surface area contributed by atoms with Crippen LogP contribution in [0.1, 0.15) is 13.0 Å². The van der Waals surface area contributed by atoms with Gasteiger partial charge in [0.1, 0.15) is 11.5 Å². The number of rotatable bonds is 7. The van der Waals surface area contributed by atoms with Gasteiger partial charge in [0.25, 0.3) is 0 Å². The number of hydrogen-bond donors (Lipinski definition) is 1. The fourth-order valence-electron chi connectivity index (χ4n) is 1.14. The molecule has 98 valence electrons. The van der Waals surface area contributed by atoms with E-state index in [1.165, 1.54) is 14.2 Å². The van der Waals surface area contributed by atoms with Gasteiger partial charge in [-0.1, -0.05) is 7.43 Å². The van der Waals surface area contributed by atoms with E-state index in [4.69, 9.17) is 24.1 Å². The van der Waals surface area contributed by atoms with Crippen molar-refractivity contribution in [1.82, 2.24) is 0 Å². The second-order valence-corrected chi connectivity index (χ2v) is 3.07. The quantitative estimate of drug-likeness (QED) is 0.741. The number of aliphatic hydroxyl groups excluding tert-OH is 1. The zero-order chi connectivity index (χ0) is 11.8. The molecule has 17 heavy (non-hydrogen) atoms. The van der Waals surface area contributed by atoms with Crippen molar-refractivity contribution in [2.75, 3.05) is 27.8 Å². The molecule has 0 atom stereocenters. The molecule has 1 N–H and O–H groups in total. The van der Waals surface area contributed by atoms with Gasteiger partial charge in [-0.15, -0.1) is 0 Å². The van der Waals surface area contributed by atoms with Crippen molar-refractivity contribution >= 4 is 0 Å². The highest BCUT2D eigenvalue weighted by molar-refractivity contribution is 5.38. The van der Waals surface area contributed by atoms with Gasteiger partial charge in [-0.05, 0) is 17.7 Å². The van der Waals surface area contributed by atoms with Gasteiger partial charge in [-0.25, -0.2) is 0 Å². The monoisotopic (exact) mass is 244 g/mol. The fraction of sp³-hybridized carbons (Fsp3) is 0.500. The van der Waals surface area contributed by atoms with Crippen molar-refractivity contribution < 1.29 is 24.1 Å². The van der Waals surface area contributed by atoms with E-state index in [0.29, 0.717) is 17.1 Å². The lowest BCUT2D eigenvalue weighted by atomic mass is 10.2. The maximum atomic E-state index is 9.06. The van der Waals surface area contributed by atoms with E-state index in [2.05, 4.69) is 0 Å². The number of ether oxygens (including phenoxy) is 4. The molecule has 0 amide bonds. The summed E-state index contributed by atoms with van der Waals surface area (Å²) >= 11 is 0. The van der Waals surface area contributed by atoms with Crippen molar-refractivity contribution in [3.05, 3.63) is 23.8 Å². The normalized spacial score (nSPS) is 9.59. The van der Waals surface area contributed by atoms with E-state index in [9.17, 15) is 0 Å². The van der Waals surface area contributed by atoms with Crippen molar-refractivity contribution in [1.29, 1.82) is 0 Å². The summed E-state index contributed by atoms with van der Waals surface area (Å²) in [5, 5.41) is 9.06. The molecule has 0 heterocycles. The van der Waals surface area contributed by atoms with Crippen LogP contribution in [0, 0.1) is 0 Å². The van der Waals surface area contributed by atoms with Gasteiger partial charge < -0.3 is 24.1 Å². The van der Waals surface area contributed by atoms with Crippen molar-refractivity contribution in [2.24, 2.45) is 0 Å². The molecule has 1 aromatic carbocycles. The SMILES string of the molecule is C.COCOc1cc(CO)cc(OCOC)c1. The van der Waals surface area contributed by atoms with Crippen LogP contribution in [0.5, 0.6) is 11.5 Å². The molecule has 0 bridgehead atoms. The van der Waals surface area contributed by atoms with Crippen LogP contribution >= 0.6 is 0 Å². The summed E-state index contributed by atoms with van der Waals surface area (Å²) in [4.78, 5) is 0. The van der Waals surface area contributed by atoms with E-state index in [1.807, 2.05) is 0 Å². The first-order valence-corrected chi connectivity index (χ1v) is 4.78. The van der Waals surface area contributed by atoms with Crippen LogP contribution in [0.2, 0.25) is 0 Å². The summed E-state index contributed by atoms with van der Waals surface area (Å²) in [7, 11) is 3.08. The van der Waals surface area contributed by atoms with Crippen LogP contribution in [0.3, 0.4) is 0 Å². The Morgan fingerprint density at radius 3 is 1.76 bits per heavy atom. The first kappa shape index (κ1) is 15.7. The molecule has 0 saturated heterocycles. The van der Waals surface area contributed by atoms with E-state index in [1.54, 1.807) is 18.2 Å². The molecule has 0 aromatic heterocycles. The molecular weight excluding hydrogens is 224 g/mol. The zero-order valence-electron chi connectivity index (χ0n) is 9.43. The Hall–Kier alpha value is -1.30. The van der Waals surface area contributed by atoms with Gasteiger partial charge in [-0.2, -0.15) is 0 Å². The van der Waals surface area contributed by atoms with Gasteiger partial charge in [0.2, 0.25) is 0 Å². The molecule has 0 unspecified atom stereocenters. The maximum absolute atomic E-state index is 9.06. The second kappa shape index (κ2) is 8.81. The highest BCUT2D eigenvalue weighted by atomic mass is 16.7. The Kier molecular flexibility index (Phi) is 8.13. The van der Waals surface area contributed by atoms with Crippen LogP contribution in [0.15, 0.2) is 18.2 Å². The molecular formula is C12H20O5. The maximum Gasteiger partial charge on any atom is 0.188 e. The van der Waals surface area contributed by atoms with Crippen LogP contribution in [-0.2, 0) is 16.1 Å². The third-order valence-corrected chi connectivity index (χ3v) is 1.81. The summed E-state index contributed by atoms with van der Waals surface area (Å²) in [5.41, 5.74) is 0.708. The van der Waals surface area contributed by atoms with Crippen LogP contribution in [0.4, 0.5) is 0 Å². The molecule has 5 heteroatoms. The molecule has 1 rings (SSSR count). The number of benzene rings is 1. The third-order valence-electron chi connectivity index (χ3n) is 1.81. The highest BCUT2D eigenvalue weighted by Gasteiger charge is 2.02. The summed E-state index contributed by atoms with van der Waals surface area (Å²) < 4.78 is 20.1. The number of methoxy groups -OCH3 is 2. The predicted octanol–water partition coefficient (Wildman–Crippen LogP) is 1.78. The minimum absolute atomic E-state index is 0. The molecule has 0 aliphatic heterocycles.